The third-order valence-electron chi connectivity index (χ3n) is 2.80. The summed E-state index contributed by atoms with van der Waals surface area (Å²) in [5.74, 6) is 2.17. The van der Waals surface area contributed by atoms with Crippen LogP contribution in [0.25, 0.3) is 10.9 Å². The number of terminal acetylenes is 1. The van der Waals surface area contributed by atoms with Crippen LogP contribution in [0.1, 0.15) is 5.56 Å². The van der Waals surface area contributed by atoms with Gasteiger partial charge in [0, 0.05) is 5.39 Å². The molecular formula is C15H14N2O2. The average Bonchev–Trinajstić information content (AvgIpc) is 2.37. The Morgan fingerprint density at radius 2 is 2.21 bits per heavy atom. The number of carbonyl (C=O) groups is 1. The average molecular weight is 254 g/mol. The Bertz CT molecular complexity index is 659. The van der Waals surface area contributed by atoms with E-state index in [2.05, 4.69) is 10.9 Å². The van der Waals surface area contributed by atoms with E-state index in [-0.39, 0.29) is 13.1 Å². The first-order valence-corrected chi connectivity index (χ1v) is 5.88. The first-order valence-electron chi connectivity index (χ1n) is 5.88. The molecule has 4 heteroatoms. The summed E-state index contributed by atoms with van der Waals surface area (Å²) in [5, 5.41) is 9.97. The van der Waals surface area contributed by atoms with Gasteiger partial charge in [0.1, 0.15) is 12.4 Å². The van der Waals surface area contributed by atoms with Crippen molar-refractivity contribution in [2.24, 2.45) is 0 Å². The minimum atomic E-state index is -0.926. The quantitative estimate of drug-likeness (QED) is 0.849. The van der Waals surface area contributed by atoms with Gasteiger partial charge in [0.2, 0.25) is 0 Å². The van der Waals surface area contributed by atoms with Gasteiger partial charge in [0.25, 0.3) is 0 Å². The van der Waals surface area contributed by atoms with Crippen LogP contribution in [0.3, 0.4) is 0 Å². The standard InChI is InChI=1S/C15H14N2O2/c1-3-8-17(10-14(18)19)15-11(2)9-12-6-4-5-7-13(12)16-15/h1,4-7,9H,8,10H2,2H3,(H,18,19). The molecule has 0 saturated heterocycles. The highest BCUT2D eigenvalue weighted by atomic mass is 16.4. The van der Waals surface area contributed by atoms with Crippen molar-refractivity contribution in [1.29, 1.82) is 0 Å². The molecule has 1 N–H and O–H groups in total. The van der Waals surface area contributed by atoms with Crippen molar-refractivity contribution in [3.05, 3.63) is 35.9 Å². The highest BCUT2D eigenvalue weighted by molar-refractivity contribution is 5.82. The fraction of sp³-hybridized carbons (Fsp3) is 0.200. The van der Waals surface area contributed by atoms with Crippen molar-refractivity contribution in [2.75, 3.05) is 18.0 Å². The molecule has 0 saturated carbocycles. The van der Waals surface area contributed by atoms with Gasteiger partial charge in [-0.3, -0.25) is 4.79 Å². The van der Waals surface area contributed by atoms with E-state index in [1.807, 2.05) is 37.3 Å². The molecule has 0 aliphatic rings. The molecule has 2 rings (SSSR count). The van der Waals surface area contributed by atoms with E-state index in [0.717, 1.165) is 16.5 Å². The van der Waals surface area contributed by atoms with Gasteiger partial charge in [-0.25, -0.2) is 4.98 Å². The van der Waals surface area contributed by atoms with Crippen molar-refractivity contribution in [3.8, 4) is 12.3 Å². The normalized spacial score (nSPS) is 10.1. The molecule has 96 valence electrons. The van der Waals surface area contributed by atoms with Gasteiger partial charge in [0.05, 0.1) is 12.1 Å². The van der Waals surface area contributed by atoms with Gasteiger partial charge >= 0.3 is 5.97 Å². The second-order valence-corrected chi connectivity index (χ2v) is 4.28. The van der Waals surface area contributed by atoms with Crippen LogP contribution in [0.5, 0.6) is 0 Å². The lowest BCUT2D eigenvalue weighted by Gasteiger charge is -2.21. The fourth-order valence-corrected chi connectivity index (χ4v) is 2.01. The van der Waals surface area contributed by atoms with Gasteiger partial charge in [0.15, 0.2) is 0 Å². The van der Waals surface area contributed by atoms with E-state index >= 15 is 0 Å². The van der Waals surface area contributed by atoms with Gasteiger partial charge in [-0.2, -0.15) is 0 Å². The van der Waals surface area contributed by atoms with E-state index < -0.39 is 5.97 Å². The zero-order valence-electron chi connectivity index (χ0n) is 10.6. The smallest absolute Gasteiger partial charge is 0.323 e. The van der Waals surface area contributed by atoms with Crippen LogP contribution < -0.4 is 4.90 Å². The number of carboxylic acids is 1. The maximum absolute atomic E-state index is 10.9. The third kappa shape index (κ3) is 2.83. The minimum Gasteiger partial charge on any atom is -0.480 e. The molecular weight excluding hydrogens is 240 g/mol. The highest BCUT2D eigenvalue weighted by Gasteiger charge is 2.14. The Hall–Kier alpha value is -2.54. The van der Waals surface area contributed by atoms with Crippen LogP contribution in [-0.2, 0) is 4.79 Å². The summed E-state index contributed by atoms with van der Waals surface area (Å²) in [6.07, 6.45) is 5.29. The lowest BCUT2D eigenvalue weighted by molar-refractivity contribution is -0.135. The molecule has 19 heavy (non-hydrogen) atoms. The molecule has 0 aliphatic carbocycles. The van der Waals surface area contributed by atoms with Gasteiger partial charge < -0.3 is 10.0 Å². The number of nitrogens with zero attached hydrogens (tertiary/aromatic N) is 2. The van der Waals surface area contributed by atoms with E-state index in [1.54, 1.807) is 4.90 Å². The van der Waals surface area contributed by atoms with Crippen LogP contribution in [0, 0.1) is 19.3 Å². The molecule has 2 aromatic rings. The van der Waals surface area contributed by atoms with Crippen molar-refractivity contribution in [3.63, 3.8) is 0 Å². The van der Waals surface area contributed by atoms with Crippen LogP contribution >= 0.6 is 0 Å². The van der Waals surface area contributed by atoms with E-state index in [9.17, 15) is 4.79 Å². The summed E-state index contributed by atoms with van der Waals surface area (Å²) in [5.41, 5.74) is 1.74. The van der Waals surface area contributed by atoms with Gasteiger partial charge in [-0.15, -0.1) is 6.42 Å². The summed E-state index contributed by atoms with van der Waals surface area (Å²) in [6, 6.07) is 9.70. The number of anilines is 1. The number of fused-ring (bicyclic) bond motifs is 1. The Morgan fingerprint density at radius 3 is 2.89 bits per heavy atom. The third-order valence-corrected chi connectivity index (χ3v) is 2.80. The zero-order valence-corrected chi connectivity index (χ0v) is 10.6. The van der Waals surface area contributed by atoms with Gasteiger partial charge in [-0.1, -0.05) is 24.1 Å². The van der Waals surface area contributed by atoms with Crippen LogP contribution in [0.15, 0.2) is 30.3 Å². The molecule has 1 aromatic heterocycles. The first-order chi connectivity index (χ1) is 9.11. The highest BCUT2D eigenvalue weighted by Crippen LogP contribution is 2.22. The number of para-hydroxylation sites is 1. The molecule has 0 radical (unpaired) electrons. The van der Waals surface area contributed by atoms with Crippen molar-refractivity contribution in [2.45, 2.75) is 6.92 Å². The molecule has 0 spiro atoms. The van der Waals surface area contributed by atoms with Crippen molar-refractivity contribution in [1.82, 2.24) is 4.98 Å². The number of hydrogen-bond donors (Lipinski definition) is 1. The van der Waals surface area contributed by atoms with E-state index in [1.165, 1.54) is 0 Å². The van der Waals surface area contributed by atoms with Crippen molar-refractivity contribution < 1.29 is 9.90 Å². The number of aryl methyl sites for hydroxylation is 1. The largest absolute Gasteiger partial charge is 0.480 e. The molecule has 0 unspecified atom stereocenters. The Kier molecular flexibility index (Phi) is 3.67. The molecule has 0 amide bonds. The summed E-state index contributed by atoms with van der Waals surface area (Å²) in [7, 11) is 0. The van der Waals surface area contributed by atoms with Gasteiger partial charge in [-0.05, 0) is 24.6 Å². The van der Waals surface area contributed by atoms with E-state index in [0.29, 0.717) is 5.82 Å². The predicted octanol–water partition coefficient (Wildman–Crippen LogP) is 2.07. The lowest BCUT2D eigenvalue weighted by atomic mass is 10.1. The fourth-order valence-electron chi connectivity index (χ4n) is 2.01. The summed E-state index contributed by atoms with van der Waals surface area (Å²) < 4.78 is 0. The number of rotatable bonds is 4. The molecule has 1 heterocycles. The first kappa shape index (κ1) is 12.9. The monoisotopic (exact) mass is 254 g/mol. The lowest BCUT2D eigenvalue weighted by Crippen LogP contribution is -2.31. The number of carboxylic acid groups (broad SMARTS) is 1. The maximum Gasteiger partial charge on any atom is 0.323 e. The van der Waals surface area contributed by atoms with Crippen LogP contribution in [0.2, 0.25) is 0 Å². The summed E-state index contributed by atoms with van der Waals surface area (Å²) in [4.78, 5) is 17.0. The molecule has 4 nitrogen and oxygen atoms in total. The predicted molar refractivity (Wildman–Crippen MR) is 75.2 cm³/mol. The number of aromatic nitrogens is 1. The molecule has 0 fully saturated rings. The Morgan fingerprint density at radius 1 is 1.47 bits per heavy atom. The second kappa shape index (κ2) is 5.40. The Balaban J connectivity index is 2.49. The second-order valence-electron chi connectivity index (χ2n) is 4.28. The summed E-state index contributed by atoms with van der Waals surface area (Å²) >= 11 is 0. The van der Waals surface area contributed by atoms with Crippen molar-refractivity contribution >= 4 is 22.7 Å². The number of aliphatic carboxylic acids is 1. The summed E-state index contributed by atoms with van der Waals surface area (Å²) in [6.45, 7) is 1.97. The molecule has 1 aromatic carbocycles. The molecule has 0 atom stereocenters. The zero-order chi connectivity index (χ0) is 13.8. The van der Waals surface area contributed by atoms with E-state index in [4.69, 9.17) is 11.5 Å². The van der Waals surface area contributed by atoms with Crippen LogP contribution in [0.4, 0.5) is 5.82 Å². The minimum absolute atomic E-state index is 0.156. The molecule has 0 aliphatic heterocycles. The Labute approximate surface area is 111 Å². The molecule has 0 bridgehead atoms. The topological polar surface area (TPSA) is 53.4 Å². The maximum atomic E-state index is 10.9. The number of benzene rings is 1. The number of pyridine rings is 1. The number of hydrogen-bond acceptors (Lipinski definition) is 3. The van der Waals surface area contributed by atoms with Crippen LogP contribution in [-0.4, -0.2) is 29.1 Å². The SMILES string of the molecule is C#CCN(CC(=O)O)c1nc2ccccc2cc1C.